The topological polar surface area (TPSA) is 69.0 Å². The molecule has 0 aliphatic rings. The number of anilines is 1. The predicted octanol–water partition coefficient (Wildman–Crippen LogP) is 5.24. The smallest absolute Gasteiger partial charge is 0.255 e. The summed E-state index contributed by atoms with van der Waals surface area (Å²) in [7, 11) is 1.40. The average Bonchev–Trinajstić information content (AvgIpc) is 3.25. The van der Waals surface area contributed by atoms with Crippen molar-refractivity contribution in [2.24, 2.45) is 0 Å². The zero-order valence-corrected chi connectivity index (χ0v) is 17.7. The van der Waals surface area contributed by atoms with Gasteiger partial charge in [0.25, 0.3) is 5.91 Å². The number of nitrogens with zero attached hydrogens (tertiary/aromatic N) is 3. The van der Waals surface area contributed by atoms with E-state index < -0.39 is 17.5 Å². The van der Waals surface area contributed by atoms with Crippen LogP contribution in [0, 0.1) is 11.6 Å². The summed E-state index contributed by atoms with van der Waals surface area (Å²) >= 11 is 3.31. The number of hydrogen-bond donors (Lipinski definition) is 1. The monoisotopic (exact) mass is 484 g/mol. The Bertz CT molecular complexity index is 1260. The zero-order valence-electron chi connectivity index (χ0n) is 16.1. The molecule has 0 spiro atoms. The van der Waals surface area contributed by atoms with Crippen LogP contribution in [0.5, 0.6) is 5.75 Å². The van der Waals surface area contributed by atoms with E-state index in [1.54, 1.807) is 42.6 Å². The fourth-order valence-electron chi connectivity index (χ4n) is 2.91. The summed E-state index contributed by atoms with van der Waals surface area (Å²) < 4.78 is 34.8. The molecule has 156 valence electrons. The maximum absolute atomic E-state index is 14.1. The van der Waals surface area contributed by atoms with Crippen molar-refractivity contribution in [2.75, 3.05) is 12.4 Å². The first kappa shape index (κ1) is 20.7. The summed E-state index contributed by atoms with van der Waals surface area (Å²) in [5, 5.41) is 10.8. The lowest BCUT2D eigenvalue weighted by Gasteiger charge is -2.08. The van der Waals surface area contributed by atoms with Crippen molar-refractivity contribution < 1.29 is 18.3 Å². The first-order valence-electron chi connectivity index (χ1n) is 9.07. The van der Waals surface area contributed by atoms with Gasteiger partial charge in [0.15, 0.2) is 0 Å². The van der Waals surface area contributed by atoms with Gasteiger partial charge in [0.2, 0.25) is 0 Å². The fourth-order valence-corrected chi connectivity index (χ4v) is 3.26. The Morgan fingerprint density at radius 1 is 1.06 bits per heavy atom. The summed E-state index contributed by atoms with van der Waals surface area (Å²) in [4.78, 5) is 12.4. The van der Waals surface area contributed by atoms with E-state index in [-0.39, 0.29) is 17.0 Å². The van der Waals surface area contributed by atoms with Crippen molar-refractivity contribution in [2.45, 2.75) is 0 Å². The van der Waals surface area contributed by atoms with Crippen LogP contribution >= 0.6 is 15.9 Å². The summed E-state index contributed by atoms with van der Waals surface area (Å²) in [6.07, 6.45) is 1.61. The quantitative estimate of drug-likeness (QED) is 0.420. The number of aromatic nitrogens is 3. The third-order valence-electron chi connectivity index (χ3n) is 4.46. The minimum atomic E-state index is -0.565. The molecule has 6 nitrogen and oxygen atoms in total. The first-order chi connectivity index (χ1) is 14.9. The fraction of sp³-hybridized carbons (Fsp3) is 0.0455. The van der Waals surface area contributed by atoms with E-state index in [4.69, 9.17) is 4.74 Å². The molecule has 0 aliphatic heterocycles. The Labute approximate surface area is 184 Å². The Balaban J connectivity index is 1.51. The number of halogens is 3. The number of methoxy groups -OCH3 is 1. The van der Waals surface area contributed by atoms with Crippen LogP contribution in [0.15, 0.2) is 71.3 Å². The van der Waals surface area contributed by atoms with Crippen LogP contribution in [0.1, 0.15) is 10.4 Å². The van der Waals surface area contributed by atoms with Crippen molar-refractivity contribution in [3.63, 3.8) is 0 Å². The number of benzene rings is 3. The van der Waals surface area contributed by atoms with E-state index in [0.717, 1.165) is 16.1 Å². The van der Waals surface area contributed by atoms with Gasteiger partial charge in [-0.1, -0.05) is 33.3 Å². The Hall–Kier alpha value is -3.59. The largest absolute Gasteiger partial charge is 0.497 e. The van der Waals surface area contributed by atoms with Crippen molar-refractivity contribution in [3.05, 3.63) is 88.5 Å². The molecule has 1 heterocycles. The highest BCUT2D eigenvalue weighted by molar-refractivity contribution is 9.10. The molecule has 0 saturated heterocycles. The third-order valence-corrected chi connectivity index (χ3v) is 4.95. The van der Waals surface area contributed by atoms with Gasteiger partial charge in [0.05, 0.1) is 13.3 Å². The molecule has 4 aromatic rings. The minimum Gasteiger partial charge on any atom is -0.497 e. The highest BCUT2D eigenvalue weighted by Crippen LogP contribution is 2.23. The second-order valence-corrected chi connectivity index (χ2v) is 7.47. The molecule has 9 heteroatoms. The van der Waals surface area contributed by atoms with E-state index in [2.05, 4.69) is 31.6 Å². The average molecular weight is 485 g/mol. The van der Waals surface area contributed by atoms with E-state index in [1.165, 1.54) is 30.0 Å². The van der Waals surface area contributed by atoms with Crippen LogP contribution in [0.3, 0.4) is 0 Å². The number of nitrogens with one attached hydrogen (secondary N) is 1. The third kappa shape index (κ3) is 4.61. The summed E-state index contributed by atoms with van der Waals surface area (Å²) in [5.74, 6) is -1.21. The second kappa shape index (κ2) is 8.65. The van der Waals surface area contributed by atoms with Gasteiger partial charge in [-0.2, -0.15) is 0 Å². The molecule has 0 fully saturated rings. The summed E-state index contributed by atoms with van der Waals surface area (Å²) in [5.41, 5.74) is 2.18. The molecule has 1 N–H and O–H groups in total. The van der Waals surface area contributed by atoms with Gasteiger partial charge in [-0.05, 0) is 42.5 Å². The van der Waals surface area contributed by atoms with E-state index >= 15 is 0 Å². The van der Waals surface area contributed by atoms with Gasteiger partial charge in [0, 0.05) is 27.4 Å². The van der Waals surface area contributed by atoms with Crippen LogP contribution in [-0.4, -0.2) is 28.0 Å². The Kier molecular flexibility index (Phi) is 5.77. The van der Waals surface area contributed by atoms with Gasteiger partial charge in [0.1, 0.15) is 28.8 Å². The molecule has 1 amide bonds. The molecule has 31 heavy (non-hydrogen) atoms. The van der Waals surface area contributed by atoms with Crippen LogP contribution in [0.2, 0.25) is 0 Å². The molecule has 3 aromatic carbocycles. The number of ether oxygens (including phenoxy) is 1. The lowest BCUT2D eigenvalue weighted by atomic mass is 10.1. The lowest BCUT2D eigenvalue weighted by Crippen LogP contribution is -2.12. The standard InChI is InChI=1S/C22H15BrF2N4O2/c1-31-18-9-14(8-16(24)11-18)22(30)26-17-5-2-13(3-6-17)20-12-29(28-27-20)21-10-15(23)4-7-19(21)25/h2-12H,1H3,(H,26,30). The summed E-state index contributed by atoms with van der Waals surface area (Å²) in [6.45, 7) is 0. The first-order valence-corrected chi connectivity index (χ1v) is 9.86. The maximum Gasteiger partial charge on any atom is 0.255 e. The molecular weight excluding hydrogens is 470 g/mol. The Morgan fingerprint density at radius 3 is 2.58 bits per heavy atom. The van der Waals surface area contributed by atoms with E-state index in [1.807, 2.05) is 0 Å². The van der Waals surface area contributed by atoms with Gasteiger partial charge >= 0.3 is 0 Å². The van der Waals surface area contributed by atoms with Crippen molar-refractivity contribution in [1.29, 1.82) is 0 Å². The van der Waals surface area contributed by atoms with E-state index in [9.17, 15) is 13.6 Å². The SMILES string of the molecule is COc1cc(F)cc(C(=O)Nc2ccc(-c3cn(-c4cc(Br)ccc4F)nn3)cc2)c1. The molecule has 0 radical (unpaired) electrons. The van der Waals surface area contributed by atoms with Crippen LogP contribution in [-0.2, 0) is 0 Å². The molecule has 0 saturated carbocycles. The van der Waals surface area contributed by atoms with Gasteiger partial charge in [-0.15, -0.1) is 5.10 Å². The number of rotatable bonds is 5. The molecule has 1 aromatic heterocycles. The molecule has 0 bridgehead atoms. The molecule has 4 rings (SSSR count). The normalized spacial score (nSPS) is 10.7. The molecule has 0 unspecified atom stereocenters. The van der Waals surface area contributed by atoms with Gasteiger partial charge in [-0.25, -0.2) is 13.5 Å². The maximum atomic E-state index is 14.1. The number of hydrogen-bond acceptors (Lipinski definition) is 4. The lowest BCUT2D eigenvalue weighted by molar-refractivity contribution is 0.102. The molecular formula is C22H15BrF2N4O2. The predicted molar refractivity (Wildman–Crippen MR) is 115 cm³/mol. The van der Waals surface area contributed by atoms with Crippen LogP contribution < -0.4 is 10.1 Å². The van der Waals surface area contributed by atoms with Gasteiger partial charge < -0.3 is 10.1 Å². The number of amides is 1. The number of carbonyl (C=O) groups excluding carboxylic acids is 1. The highest BCUT2D eigenvalue weighted by atomic mass is 79.9. The highest BCUT2D eigenvalue weighted by Gasteiger charge is 2.12. The zero-order chi connectivity index (χ0) is 22.0. The van der Waals surface area contributed by atoms with Gasteiger partial charge in [-0.3, -0.25) is 4.79 Å². The minimum absolute atomic E-state index is 0.139. The Morgan fingerprint density at radius 2 is 1.84 bits per heavy atom. The molecule has 0 atom stereocenters. The van der Waals surface area contributed by atoms with E-state index in [0.29, 0.717) is 11.4 Å². The molecule has 0 aliphatic carbocycles. The number of carbonyl (C=O) groups is 1. The van der Waals surface area contributed by atoms with Crippen molar-refractivity contribution in [3.8, 4) is 22.7 Å². The van der Waals surface area contributed by atoms with Crippen molar-refractivity contribution in [1.82, 2.24) is 15.0 Å². The van der Waals surface area contributed by atoms with Crippen LogP contribution in [0.25, 0.3) is 16.9 Å². The second-order valence-electron chi connectivity index (χ2n) is 6.56. The van der Waals surface area contributed by atoms with Crippen molar-refractivity contribution >= 4 is 27.5 Å². The summed E-state index contributed by atoms with van der Waals surface area (Å²) in [6, 6.07) is 15.2. The van der Waals surface area contributed by atoms with Crippen LogP contribution in [0.4, 0.5) is 14.5 Å².